The SMILES string of the molecule is CNCC1CCN(C(=O)c2cnc(-c3ccccc3)s2)CC1.Cl.Cl. The maximum absolute atomic E-state index is 12.6. The lowest BCUT2D eigenvalue weighted by molar-refractivity contribution is 0.0695. The number of piperidine rings is 1. The Kier molecular flexibility index (Phi) is 8.70. The lowest BCUT2D eigenvalue weighted by atomic mass is 9.97. The molecule has 1 aromatic heterocycles. The first-order valence-corrected chi connectivity index (χ1v) is 8.54. The number of nitrogens with zero attached hydrogens (tertiary/aromatic N) is 2. The standard InChI is InChI=1S/C17H21N3OS.2ClH/c1-18-11-13-7-9-20(10-8-13)17(21)15-12-19-16(22-15)14-5-3-2-4-6-14;;/h2-6,12-13,18H,7-11H2,1H3;2*1H. The topological polar surface area (TPSA) is 45.2 Å². The van der Waals surface area contributed by atoms with E-state index in [9.17, 15) is 4.79 Å². The third-order valence-corrected chi connectivity index (χ3v) is 5.17. The summed E-state index contributed by atoms with van der Waals surface area (Å²) in [4.78, 5) is 19.7. The van der Waals surface area contributed by atoms with Crippen molar-refractivity contribution in [2.45, 2.75) is 12.8 Å². The summed E-state index contributed by atoms with van der Waals surface area (Å²) >= 11 is 1.48. The fraction of sp³-hybridized carbons (Fsp3) is 0.412. The Labute approximate surface area is 159 Å². The van der Waals surface area contributed by atoms with Crippen molar-refractivity contribution in [3.63, 3.8) is 0 Å². The molecule has 1 aromatic carbocycles. The second kappa shape index (κ2) is 9.99. The molecule has 0 atom stereocenters. The average Bonchev–Trinajstić information content (AvgIpc) is 3.06. The lowest BCUT2D eigenvalue weighted by Crippen LogP contribution is -2.40. The lowest BCUT2D eigenvalue weighted by Gasteiger charge is -2.31. The molecule has 0 aliphatic carbocycles. The zero-order chi connectivity index (χ0) is 15.4. The summed E-state index contributed by atoms with van der Waals surface area (Å²) in [5, 5.41) is 4.13. The van der Waals surface area contributed by atoms with E-state index in [2.05, 4.69) is 10.3 Å². The second-order valence-corrected chi connectivity index (χ2v) is 6.72. The molecule has 0 spiro atoms. The molecule has 1 amide bonds. The summed E-state index contributed by atoms with van der Waals surface area (Å²) in [6.07, 6.45) is 3.88. The van der Waals surface area contributed by atoms with Gasteiger partial charge in [-0.25, -0.2) is 4.98 Å². The number of likely N-dealkylation sites (tertiary alicyclic amines) is 1. The molecule has 0 saturated carbocycles. The van der Waals surface area contributed by atoms with Crippen LogP contribution >= 0.6 is 36.2 Å². The van der Waals surface area contributed by atoms with Gasteiger partial charge in [-0.15, -0.1) is 36.2 Å². The maximum Gasteiger partial charge on any atom is 0.265 e. The quantitative estimate of drug-likeness (QED) is 0.868. The van der Waals surface area contributed by atoms with Crippen LogP contribution in [0, 0.1) is 5.92 Å². The van der Waals surface area contributed by atoms with Gasteiger partial charge in [-0.05, 0) is 32.4 Å². The predicted molar refractivity (Wildman–Crippen MR) is 105 cm³/mol. The highest BCUT2D eigenvalue weighted by atomic mass is 35.5. The van der Waals surface area contributed by atoms with Gasteiger partial charge in [0.15, 0.2) is 0 Å². The van der Waals surface area contributed by atoms with Crippen LogP contribution in [0.2, 0.25) is 0 Å². The minimum absolute atomic E-state index is 0. The predicted octanol–water partition coefficient (Wildman–Crippen LogP) is 3.73. The maximum atomic E-state index is 12.6. The number of aromatic nitrogens is 1. The molecular weight excluding hydrogens is 365 g/mol. The Morgan fingerprint density at radius 1 is 1.25 bits per heavy atom. The van der Waals surface area contributed by atoms with Crippen molar-refractivity contribution in [1.82, 2.24) is 15.2 Å². The molecule has 1 aliphatic heterocycles. The van der Waals surface area contributed by atoms with E-state index in [0.29, 0.717) is 5.92 Å². The first kappa shape index (κ1) is 20.9. The van der Waals surface area contributed by atoms with E-state index < -0.39 is 0 Å². The van der Waals surface area contributed by atoms with Crippen molar-refractivity contribution >= 4 is 42.1 Å². The van der Waals surface area contributed by atoms with Gasteiger partial charge in [-0.3, -0.25) is 4.79 Å². The Balaban J connectivity index is 0.00000144. The Bertz CT molecular complexity index is 628. The molecular formula is C17H23Cl2N3OS. The molecule has 3 rings (SSSR count). The molecule has 0 unspecified atom stereocenters. The first-order chi connectivity index (χ1) is 10.8. The van der Waals surface area contributed by atoms with E-state index in [1.165, 1.54) is 11.3 Å². The van der Waals surface area contributed by atoms with Crippen LogP contribution in [0.15, 0.2) is 36.5 Å². The van der Waals surface area contributed by atoms with Crippen LogP contribution in [-0.4, -0.2) is 42.5 Å². The van der Waals surface area contributed by atoms with Gasteiger partial charge >= 0.3 is 0 Å². The van der Waals surface area contributed by atoms with Crippen molar-refractivity contribution in [3.05, 3.63) is 41.4 Å². The summed E-state index contributed by atoms with van der Waals surface area (Å²) in [6.45, 7) is 2.74. The monoisotopic (exact) mass is 387 g/mol. The molecule has 1 N–H and O–H groups in total. The highest BCUT2D eigenvalue weighted by molar-refractivity contribution is 7.16. The van der Waals surface area contributed by atoms with Crippen LogP contribution in [0.5, 0.6) is 0 Å². The summed E-state index contributed by atoms with van der Waals surface area (Å²) in [5.41, 5.74) is 1.07. The van der Waals surface area contributed by atoms with E-state index in [4.69, 9.17) is 0 Å². The summed E-state index contributed by atoms with van der Waals surface area (Å²) in [5.74, 6) is 0.818. The Morgan fingerprint density at radius 3 is 2.54 bits per heavy atom. The molecule has 132 valence electrons. The molecule has 2 heterocycles. The molecule has 7 heteroatoms. The van der Waals surface area contributed by atoms with Gasteiger partial charge in [0.2, 0.25) is 0 Å². The fourth-order valence-electron chi connectivity index (χ4n) is 2.87. The summed E-state index contributed by atoms with van der Waals surface area (Å²) in [6, 6.07) is 10.0. The molecule has 1 fully saturated rings. The van der Waals surface area contributed by atoms with Crippen molar-refractivity contribution < 1.29 is 4.79 Å². The first-order valence-electron chi connectivity index (χ1n) is 7.73. The normalized spacial score (nSPS) is 14.6. The van der Waals surface area contributed by atoms with E-state index in [1.807, 2.05) is 42.3 Å². The number of benzene rings is 1. The van der Waals surface area contributed by atoms with E-state index in [-0.39, 0.29) is 30.7 Å². The number of nitrogens with one attached hydrogen (secondary N) is 1. The third-order valence-electron chi connectivity index (χ3n) is 4.13. The van der Waals surface area contributed by atoms with Crippen molar-refractivity contribution in [2.75, 3.05) is 26.7 Å². The van der Waals surface area contributed by atoms with Crippen LogP contribution in [0.3, 0.4) is 0 Å². The molecule has 1 aliphatic rings. The van der Waals surface area contributed by atoms with Gasteiger partial charge < -0.3 is 10.2 Å². The Hall–Kier alpha value is -1.14. The minimum atomic E-state index is 0. The van der Waals surface area contributed by atoms with Crippen LogP contribution < -0.4 is 5.32 Å². The second-order valence-electron chi connectivity index (χ2n) is 5.69. The van der Waals surface area contributed by atoms with Gasteiger partial charge in [0.05, 0.1) is 6.20 Å². The van der Waals surface area contributed by atoms with Gasteiger partial charge in [0.25, 0.3) is 5.91 Å². The van der Waals surface area contributed by atoms with Gasteiger partial charge in [0, 0.05) is 18.7 Å². The summed E-state index contributed by atoms with van der Waals surface area (Å²) < 4.78 is 0. The van der Waals surface area contributed by atoms with E-state index >= 15 is 0 Å². The van der Waals surface area contributed by atoms with Crippen LogP contribution in [0.4, 0.5) is 0 Å². The number of rotatable bonds is 4. The van der Waals surface area contributed by atoms with Gasteiger partial charge in [0.1, 0.15) is 9.88 Å². The summed E-state index contributed by atoms with van der Waals surface area (Å²) in [7, 11) is 1.99. The zero-order valence-electron chi connectivity index (χ0n) is 13.6. The number of halogens is 2. The van der Waals surface area contributed by atoms with Crippen LogP contribution in [0.1, 0.15) is 22.5 Å². The number of carbonyl (C=O) groups is 1. The van der Waals surface area contributed by atoms with Crippen LogP contribution in [-0.2, 0) is 0 Å². The van der Waals surface area contributed by atoms with E-state index in [0.717, 1.165) is 47.9 Å². The van der Waals surface area contributed by atoms with E-state index in [1.54, 1.807) is 6.20 Å². The number of amides is 1. The molecule has 0 bridgehead atoms. The van der Waals surface area contributed by atoms with Gasteiger partial charge in [-0.2, -0.15) is 0 Å². The number of carbonyl (C=O) groups excluding carboxylic acids is 1. The average molecular weight is 388 g/mol. The largest absolute Gasteiger partial charge is 0.338 e. The van der Waals surface area contributed by atoms with Crippen molar-refractivity contribution in [2.24, 2.45) is 5.92 Å². The molecule has 0 radical (unpaired) electrons. The Morgan fingerprint density at radius 2 is 1.92 bits per heavy atom. The molecule has 2 aromatic rings. The fourth-order valence-corrected chi connectivity index (χ4v) is 3.76. The molecule has 24 heavy (non-hydrogen) atoms. The van der Waals surface area contributed by atoms with Crippen molar-refractivity contribution in [3.8, 4) is 10.6 Å². The number of hydrogen-bond acceptors (Lipinski definition) is 4. The third kappa shape index (κ3) is 4.93. The molecule has 4 nitrogen and oxygen atoms in total. The molecule has 1 saturated heterocycles. The van der Waals surface area contributed by atoms with Crippen LogP contribution in [0.25, 0.3) is 10.6 Å². The zero-order valence-corrected chi connectivity index (χ0v) is 16.1. The number of thiazole rings is 1. The minimum Gasteiger partial charge on any atom is -0.338 e. The smallest absolute Gasteiger partial charge is 0.265 e. The van der Waals surface area contributed by atoms with Crippen molar-refractivity contribution in [1.29, 1.82) is 0 Å². The van der Waals surface area contributed by atoms with Gasteiger partial charge in [-0.1, -0.05) is 30.3 Å². The highest BCUT2D eigenvalue weighted by Gasteiger charge is 2.24. The highest BCUT2D eigenvalue weighted by Crippen LogP contribution is 2.27. The number of hydrogen-bond donors (Lipinski definition) is 1.